The summed E-state index contributed by atoms with van der Waals surface area (Å²) in [6.07, 6.45) is 3.82. The van der Waals surface area contributed by atoms with E-state index in [2.05, 4.69) is 155 Å². The first-order valence-electron chi connectivity index (χ1n) is 15.2. The van der Waals surface area contributed by atoms with E-state index in [0.717, 1.165) is 35.9 Å². The fraction of sp³-hybridized carbons (Fsp3) is 0.100. The molecule has 1 aliphatic carbocycles. The van der Waals surface area contributed by atoms with Crippen molar-refractivity contribution in [3.63, 3.8) is 0 Å². The molecule has 0 saturated heterocycles. The number of pyridine rings is 2. The van der Waals surface area contributed by atoms with Gasteiger partial charge in [-0.25, -0.2) is 0 Å². The summed E-state index contributed by atoms with van der Waals surface area (Å²) in [6, 6.07) is 55.2. The summed E-state index contributed by atoms with van der Waals surface area (Å²) in [4.78, 5) is 14.7. The number of rotatable bonds is 10. The molecule has 7 rings (SSSR count). The molecule has 0 amide bonds. The highest BCUT2D eigenvalue weighted by molar-refractivity contribution is 5.81. The number of benzene rings is 4. The van der Waals surface area contributed by atoms with Crippen LogP contribution in [0.2, 0.25) is 0 Å². The van der Waals surface area contributed by atoms with E-state index in [-0.39, 0.29) is 11.8 Å². The van der Waals surface area contributed by atoms with E-state index in [1.165, 1.54) is 22.5 Å². The lowest BCUT2D eigenvalue weighted by Crippen LogP contribution is -2.41. The normalized spacial score (nSPS) is 15.8. The van der Waals surface area contributed by atoms with Crippen LogP contribution in [-0.2, 0) is 0 Å². The van der Waals surface area contributed by atoms with E-state index >= 15 is 0 Å². The maximum Gasteiger partial charge on any atom is 0.0665 e. The topological polar surface area (TPSA) is 32.3 Å². The first kappa shape index (κ1) is 27.4. The van der Waals surface area contributed by atoms with Gasteiger partial charge in [0.1, 0.15) is 0 Å². The molecule has 6 aromatic rings. The minimum Gasteiger partial charge on any atom is -0.341 e. The van der Waals surface area contributed by atoms with Gasteiger partial charge in [0.15, 0.2) is 0 Å². The molecule has 2 atom stereocenters. The Morgan fingerprint density at radius 2 is 0.909 bits per heavy atom. The Hall–Kier alpha value is -5.48. The quantitative estimate of drug-likeness (QED) is 0.164. The van der Waals surface area contributed by atoms with E-state index in [4.69, 9.17) is 9.97 Å². The molecule has 0 bridgehead atoms. The second-order valence-corrected chi connectivity index (χ2v) is 11.0. The summed E-state index contributed by atoms with van der Waals surface area (Å²) in [7, 11) is 0. The van der Waals surface area contributed by atoms with Crippen LogP contribution in [0.25, 0.3) is 5.57 Å². The largest absolute Gasteiger partial charge is 0.341 e. The second kappa shape index (κ2) is 12.8. The van der Waals surface area contributed by atoms with Crippen molar-refractivity contribution >= 4 is 28.3 Å². The molecule has 2 heterocycles. The van der Waals surface area contributed by atoms with Gasteiger partial charge in [-0.1, -0.05) is 84.9 Å². The summed E-state index contributed by atoms with van der Waals surface area (Å²) < 4.78 is 0. The Kier molecular flexibility index (Phi) is 7.96. The van der Waals surface area contributed by atoms with Crippen LogP contribution in [0.1, 0.15) is 17.3 Å². The molecule has 2 aromatic heterocycles. The van der Waals surface area contributed by atoms with Crippen molar-refractivity contribution in [1.82, 2.24) is 9.97 Å². The molecule has 4 heteroatoms. The average Bonchev–Trinajstić information content (AvgIpc) is 3.10. The van der Waals surface area contributed by atoms with Gasteiger partial charge < -0.3 is 9.80 Å². The molecule has 4 aromatic carbocycles. The minimum absolute atomic E-state index is 0.123. The Morgan fingerprint density at radius 1 is 0.455 bits per heavy atom. The van der Waals surface area contributed by atoms with Crippen molar-refractivity contribution in [3.05, 3.63) is 187 Å². The van der Waals surface area contributed by atoms with Crippen molar-refractivity contribution in [1.29, 1.82) is 0 Å². The van der Waals surface area contributed by atoms with Crippen molar-refractivity contribution < 1.29 is 0 Å². The standard InChI is InChI=1S/C40H34N4/c1-5-17-31(18-6-1)43(32-19-7-2-8-20-32)29-35-39(37-25-13-15-27-41-37)36(40(35)38-26-14-16-28-42-38)30-44(33-21-9-3-10-22-33)34-23-11-4-12-24-34/h1-28,35,39H,29-30H2/t35-,39-/m1/s1. The van der Waals surface area contributed by atoms with Crippen LogP contribution < -0.4 is 9.80 Å². The van der Waals surface area contributed by atoms with E-state index in [1.54, 1.807) is 0 Å². The second-order valence-electron chi connectivity index (χ2n) is 11.0. The van der Waals surface area contributed by atoms with Gasteiger partial charge in [-0.15, -0.1) is 0 Å². The molecule has 0 unspecified atom stereocenters. The minimum atomic E-state index is 0.123. The van der Waals surface area contributed by atoms with E-state index in [0.29, 0.717) is 0 Å². The summed E-state index contributed by atoms with van der Waals surface area (Å²) in [6.45, 7) is 1.52. The molecule has 0 aliphatic heterocycles. The van der Waals surface area contributed by atoms with E-state index in [9.17, 15) is 0 Å². The third-order valence-electron chi connectivity index (χ3n) is 8.42. The zero-order chi connectivity index (χ0) is 29.6. The predicted octanol–water partition coefficient (Wildman–Crippen LogP) is 9.32. The molecule has 44 heavy (non-hydrogen) atoms. The van der Waals surface area contributed by atoms with Crippen LogP contribution in [0.4, 0.5) is 22.7 Å². The van der Waals surface area contributed by atoms with Crippen molar-refractivity contribution in [2.45, 2.75) is 5.92 Å². The average molecular weight is 571 g/mol. The van der Waals surface area contributed by atoms with Crippen LogP contribution in [0.5, 0.6) is 0 Å². The maximum absolute atomic E-state index is 4.94. The van der Waals surface area contributed by atoms with Gasteiger partial charge in [-0.3, -0.25) is 9.97 Å². The van der Waals surface area contributed by atoms with Crippen molar-refractivity contribution in [3.8, 4) is 0 Å². The number of nitrogens with zero attached hydrogens (tertiary/aromatic N) is 4. The van der Waals surface area contributed by atoms with Gasteiger partial charge in [0.25, 0.3) is 0 Å². The molecule has 0 spiro atoms. The van der Waals surface area contributed by atoms with E-state index in [1.807, 2.05) is 24.5 Å². The Bertz CT molecular complexity index is 1710. The lowest BCUT2D eigenvalue weighted by atomic mass is 9.64. The fourth-order valence-corrected chi connectivity index (χ4v) is 6.41. The van der Waals surface area contributed by atoms with Gasteiger partial charge in [0, 0.05) is 65.8 Å². The number of hydrogen-bond acceptors (Lipinski definition) is 4. The van der Waals surface area contributed by atoms with E-state index < -0.39 is 0 Å². The molecule has 4 nitrogen and oxygen atoms in total. The van der Waals surface area contributed by atoms with Gasteiger partial charge in [-0.05, 0) is 83.9 Å². The Labute approximate surface area is 259 Å². The number of anilines is 4. The monoisotopic (exact) mass is 570 g/mol. The molecule has 0 radical (unpaired) electrons. The molecule has 0 N–H and O–H groups in total. The molecule has 214 valence electrons. The highest BCUT2D eigenvalue weighted by Crippen LogP contribution is 2.53. The number of aromatic nitrogens is 2. The molecule has 1 aliphatic rings. The van der Waals surface area contributed by atoms with Crippen LogP contribution in [0.15, 0.2) is 176 Å². The van der Waals surface area contributed by atoms with Crippen LogP contribution in [0, 0.1) is 5.92 Å². The molecule has 0 fully saturated rings. The van der Waals surface area contributed by atoms with Crippen molar-refractivity contribution in [2.75, 3.05) is 22.9 Å². The summed E-state index contributed by atoms with van der Waals surface area (Å²) in [5.41, 5.74) is 9.42. The number of hydrogen-bond donors (Lipinski definition) is 0. The lowest BCUT2D eigenvalue weighted by molar-refractivity contribution is 0.507. The summed E-state index contributed by atoms with van der Waals surface area (Å²) in [5.74, 6) is 0.293. The van der Waals surface area contributed by atoms with Gasteiger partial charge in [-0.2, -0.15) is 0 Å². The molecular weight excluding hydrogens is 536 g/mol. The van der Waals surface area contributed by atoms with Gasteiger partial charge >= 0.3 is 0 Å². The summed E-state index contributed by atoms with van der Waals surface area (Å²) in [5, 5.41) is 0. The zero-order valence-electron chi connectivity index (χ0n) is 24.5. The third-order valence-corrected chi connectivity index (χ3v) is 8.42. The predicted molar refractivity (Wildman–Crippen MR) is 181 cm³/mol. The fourth-order valence-electron chi connectivity index (χ4n) is 6.41. The number of para-hydroxylation sites is 4. The van der Waals surface area contributed by atoms with Crippen molar-refractivity contribution in [2.24, 2.45) is 5.92 Å². The maximum atomic E-state index is 4.94. The highest BCUT2D eigenvalue weighted by Gasteiger charge is 2.44. The zero-order valence-corrected chi connectivity index (χ0v) is 24.5. The Balaban J connectivity index is 1.38. The third kappa shape index (κ3) is 5.62. The molecule has 0 saturated carbocycles. The highest BCUT2D eigenvalue weighted by atomic mass is 15.2. The lowest BCUT2D eigenvalue weighted by Gasteiger charge is -2.46. The van der Waals surface area contributed by atoms with Crippen LogP contribution in [0.3, 0.4) is 0 Å². The first-order chi connectivity index (χ1) is 21.9. The smallest absolute Gasteiger partial charge is 0.0665 e. The molecular formula is C40H34N4. The van der Waals surface area contributed by atoms with Crippen LogP contribution in [-0.4, -0.2) is 23.1 Å². The first-order valence-corrected chi connectivity index (χ1v) is 15.2. The Morgan fingerprint density at radius 3 is 1.36 bits per heavy atom. The van der Waals surface area contributed by atoms with Crippen LogP contribution >= 0.6 is 0 Å². The SMILES string of the molecule is c1ccc(N(CC2=C(c3ccccn3)[C@H](CN(c3ccccc3)c3ccccc3)[C@H]2c2ccccn2)c2ccccc2)cc1. The summed E-state index contributed by atoms with van der Waals surface area (Å²) >= 11 is 0. The van der Waals surface area contributed by atoms with Gasteiger partial charge in [0.2, 0.25) is 0 Å². The van der Waals surface area contributed by atoms with Gasteiger partial charge in [0.05, 0.1) is 5.69 Å².